The molecule has 0 bridgehead atoms. The summed E-state index contributed by atoms with van der Waals surface area (Å²) in [6.45, 7) is 76.6. The molecular weight excluding hydrogens is 1870 g/mol. The van der Waals surface area contributed by atoms with Crippen molar-refractivity contribution in [1.82, 2.24) is 0 Å². The van der Waals surface area contributed by atoms with E-state index in [1.54, 1.807) is 0 Å². The van der Waals surface area contributed by atoms with Crippen molar-refractivity contribution in [2.24, 2.45) is 50.2 Å². The molecule has 0 radical (unpaired) electrons. The third-order valence-corrected chi connectivity index (χ3v) is 82.6. The molecule has 7 fully saturated rings. The molecule has 24 atom stereocenters. The van der Waals surface area contributed by atoms with Crippen LogP contribution >= 0.6 is 0 Å². The number of aliphatic carboxylic acids is 1. The Hall–Kier alpha value is -1.08. The van der Waals surface area contributed by atoms with Gasteiger partial charge in [0.1, 0.15) is 67.8 Å². The number of ether oxygens (including phenoxy) is 7. The lowest BCUT2D eigenvalue weighted by atomic mass is 9.33. The van der Waals surface area contributed by atoms with Crippen LogP contribution in [0.2, 0.25) is 163 Å². The summed E-state index contributed by atoms with van der Waals surface area (Å²) in [5, 5.41) is 12.1. The van der Waals surface area contributed by atoms with E-state index in [0.717, 1.165) is 176 Å². The number of rotatable bonds is 57. The topological polar surface area (TPSA) is 219 Å². The second kappa shape index (κ2) is 50.0. The number of hydrogen-bond acceptors (Lipinski definition) is 19. The van der Waals surface area contributed by atoms with Crippen LogP contribution in [-0.4, -0.2) is 210 Å². The number of hydrogen-bond donors (Lipinski definition) is 1. The molecule has 29 heteroatoms. The van der Waals surface area contributed by atoms with Gasteiger partial charge < -0.3 is 82.9 Å². The van der Waals surface area contributed by atoms with E-state index in [4.69, 9.17) is 73.0 Å². The van der Waals surface area contributed by atoms with Crippen LogP contribution in [-0.2, 0) is 94.0 Å². The van der Waals surface area contributed by atoms with Crippen molar-refractivity contribution < 1.29 is 92.5 Å². The maximum Gasteiger partial charge on any atom is 0.338 e. The van der Waals surface area contributed by atoms with E-state index >= 15 is 9.59 Å². The van der Waals surface area contributed by atoms with Gasteiger partial charge in [0.2, 0.25) is 0 Å². The molecule has 1 aromatic carbocycles. The van der Waals surface area contributed by atoms with Gasteiger partial charge in [0.25, 0.3) is 0 Å². The Morgan fingerprint density at radius 1 is 0.409 bits per heavy atom. The van der Waals surface area contributed by atoms with Gasteiger partial charge in [0.05, 0.1) is 42.4 Å². The summed E-state index contributed by atoms with van der Waals surface area (Å²) in [7, 11) is -23.7. The molecule has 5 aliphatic carbocycles. The largest absolute Gasteiger partial charge is 0.481 e. The molecule has 8 aliphatic rings. The number of carboxylic acids is 1. The van der Waals surface area contributed by atoms with E-state index < -0.39 is 207 Å². The van der Waals surface area contributed by atoms with Crippen LogP contribution in [0, 0.1) is 50.2 Å². The Kier molecular flexibility index (Phi) is 43.6. The first kappa shape index (κ1) is 119. The van der Waals surface area contributed by atoms with Crippen LogP contribution in [0.5, 0.6) is 0 Å². The van der Waals surface area contributed by atoms with Gasteiger partial charge in [-0.15, -0.1) is 0 Å². The molecular formula is C108H204O20Si9. The van der Waals surface area contributed by atoms with Crippen LogP contribution in [0.1, 0.15) is 292 Å². The van der Waals surface area contributed by atoms with E-state index in [9.17, 15) is 9.90 Å². The predicted octanol–water partition coefficient (Wildman–Crippen LogP) is 28.5. The first-order valence-corrected chi connectivity index (χ1v) is 79.4. The Morgan fingerprint density at radius 2 is 0.825 bits per heavy atom. The molecule has 4 saturated carbocycles. The molecule has 1 N–H and O–H groups in total. The fraction of sp³-hybridized carbons (Fsp3) is 0.898. The quantitative estimate of drug-likeness (QED) is 0.0211. The number of carboxylic acid groups (broad SMARTS) is 1. The smallest absolute Gasteiger partial charge is 0.338 e. The highest BCUT2D eigenvalue weighted by molar-refractivity contribution is 6.77. The van der Waals surface area contributed by atoms with E-state index in [0.29, 0.717) is 50.2 Å². The second-order valence-electron chi connectivity index (χ2n) is 45.6. The molecule has 20 nitrogen and oxygen atoms in total. The van der Waals surface area contributed by atoms with Gasteiger partial charge >= 0.3 is 11.9 Å². The second-order valence-corrected chi connectivity index (χ2v) is 88.2. The average Bonchev–Trinajstić information content (AvgIpc) is 0.666. The third-order valence-electron chi connectivity index (χ3n) is 40.8. The summed E-state index contributed by atoms with van der Waals surface area (Å²) in [6, 6.07) is 33.2. The Bertz CT molecular complexity index is 3820. The van der Waals surface area contributed by atoms with Crippen LogP contribution in [0.3, 0.4) is 0 Å². The molecule has 3 heterocycles. The highest BCUT2D eigenvalue weighted by Gasteiger charge is 2.74. The molecule has 0 spiro atoms. The Balaban J connectivity index is 1.39. The monoisotopic (exact) mass is 2070 g/mol. The normalized spacial score (nSPS) is 33.7. The summed E-state index contributed by atoms with van der Waals surface area (Å²) < 4.78 is 130. The number of fused-ring (bicyclic) bond motifs is 7. The zero-order valence-corrected chi connectivity index (χ0v) is 102. The van der Waals surface area contributed by atoms with Crippen molar-refractivity contribution in [3.63, 3.8) is 0 Å². The first-order valence-electron chi connectivity index (χ1n) is 56.6. The van der Waals surface area contributed by atoms with Crippen molar-refractivity contribution >= 4 is 93.1 Å². The molecule has 792 valence electrons. The molecule has 9 rings (SSSR count). The van der Waals surface area contributed by atoms with Gasteiger partial charge in [-0.1, -0.05) is 270 Å². The Labute approximate surface area is 845 Å². The maximum absolute atomic E-state index is 16.9. The lowest BCUT2D eigenvalue weighted by Gasteiger charge is -2.72. The average molecular weight is 2080 g/mol. The van der Waals surface area contributed by atoms with Gasteiger partial charge in [-0.2, -0.15) is 0 Å². The zero-order chi connectivity index (χ0) is 102. The maximum atomic E-state index is 16.9. The van der Waals surface area contributed by atoms with Gasteiger partial charge in [-0.25, -0.2) is 4.79 Å². The fourth-order valence-corrected chi connectivity index (χ4v) is 53.6. The lowest BCUT2D eigenvalue weighted by molar-refractivity contribution is -0.387. The summed E-state index contributed by atoms with van der Waals surface area (Å²) >= 11 is 0. The molecule has 0 aromatic heterocycles. The van der Waals surface area contributed by atoms with Gasteiger partial charge in [-0.3, -0.25) is 4.79 Å². The SMILES string of the molecule is CC[Si](CC)(CC)OCC1O[C@@H](OC2C(O[C@@H]3OC[C@@H](O[Si](CC)(CC)CC)C(O[Si](CC)(CC)CC)C3O[Si](CC)(CC)CC)[C@H](O[Si](CC)(CC)CC)C(C(=O)OCc3ccccc3)O[C@H]2O[C@H]2CCC3(C)C(CCC4(C)C3CC=C3C5CC(C)(C)CC[C@]5(C(=O)O)C(O[Si](CC)(CC)CC)CC34C)C2(C)C=O)C(O[Si](CC)(CC)CC)C(O[Si](CC)(CC)CC)[C@H]1O[Si](CC)(CC)CC. The molecule has 1 aromatic rings. The standard InChI is InChI=1S/C108H204O20Si9/c1-34-129(35-2,36-3)115-78-83-89(123-132(43-10,44-11)45-12)92(125-134(49-16,50-17)51-18)97(128-137(58-25,59-26)60-27)101(116-83)120-95-91(118-99-96(127-136(55-22,56-23)57-24)90(124-133(46-13,47-14)48-15)84(77-114-99)121-130(37-4,38-5)39-6)93(126-135(52-19,53-20)54-21)94(98(110)113-76-80-64-62-61-63-65-80)119-100(95)117-87-69-70-104(30)85(105(87,31)79-109)68-71-106(32)86(104)67-66-81-82-74-103(28,29)72-73-108(82,102(111)112)88(75-107(81,106)33)122-131(40-7,41-8)42-9/h61-66,79,82-97,99-101H,34-60,67-78H2,1-33H3,(H,111,112)/t82?,83?,84-,85?,86?,87+,88?,89+,90?,91?,92?,93+,94?,95?,96?,97?,99+,100-,101+,104?,105?,106?,107?,108-/m1/s1. The third kappa shape index (κ3) is 23.9. The fourth-order valence-electron chi connectivity index (χ4n) is 28.2. The number of esters is 1. The van der Waals surface area contributed by atoms with Crippen molar-refractivity contribution in [3.05, 3.63) is 47.5 Å². The highest BCUT2D eigenvalue weighted by atomic mass is 28.4. The molecule has 0 amide bonds. The predicted molar refractivity (Wildman–Crippen MR) is 580 cm³/mol. The minimum Gasteiger partial charge on any atom is -0.481 e. The van der Waals surface area contributed by atoms with E-state index in [-0.39, 0.29) is 48.4 Å². The summed E-state index contributed by atoms with van der Waals surface area (Å²) in [5.74, 6) is -1.66. The lowest BCUT2D eigenvalue weighted by Crippen LogP contribution is -2.72. The number of allylic oxidation sites excluding steroid dienone is 2. The zero-order valence-electron chi connectivity index (χ0n) is 93.3. The van der Waals surface area contributed by atoms with Crippen LogP contribution in [0.15, 0.2) is 42.0 Å². The van der Waals surface area contributed by atoms with Crippen molar-refractivity contribution in [3.8, 4) is 0 Å². The van der Waals surface area contributed by atoms with E-state index in [1.165, 1.54) is 11.9 Å². The van der Waals surface area contributed by atoms with E-state index in [2.05, 4.69) is 235 Å². The molecule has 3 aliphatic heterocycles. The number of carbonyl (C=O) groups excluding carboxylic acids is 2. The van der Waals surface area contributed by atoms with Crippen molar-refractivity contribution in [1.29, 1.82) is 0 Å². The first-order chi connectivity index (χ1) is 65.1. The number of aldehydes is 1. The van der Waals surface area contributed by atoms with Crippen LogP contribution in [0.4, 0.5) is 0 Å². The van der Waals surface area contributed by atoms with Gasteiger partial charge in [0, 0.05) is 0 Å². The summed E-state index contributed by atoms with van der Waals surface area (Å²) in [4.78, 5) is 47.6. The number of carbonyl (C=O) groups is 3. The van der Waals surface area contributed by atoms with Crippen LogP contribution < -0.4 is 0 Å². The minimum atomic E-state index is -3.00. The summed E-state index contributed by atoms with van der Waals surface area (Å²) in [5.41, 5.74) is -1.35. The molecule has 3 saturated heterocycles. The van der Waals surface area contributed by atoms with Crippen molar-refractivity contribution in [2.45, 2.75) is 554 Å². The number of benzene rings is 1. The minimum absolute atomic E-state index is 0.0557. The molecule has 16 unspecified atom stereocenters. The van der Waals surface area contributed by atoms with E-state index in [1.807, 2.05) is 30.3 Å². The Morgan fingerprint density at radius 3 is 1.28 bits per heavy atom. The molecule has 137 heavy (non-hydrogen) atoms. The van der Waals surface area contributed by atoms with Gasteiger partial charge in [-0.05, 0) is 266 Å². The summed E-state index contributed by atoms with van der Waals surface area (Å²) in [6.07, 6.45) is -5.66. The van der Waals surface area contributed by atoms with Crippen molar-refractivity contribution in [2.75, 3.05) is 13.2 Å². The highest BCUT2D eigenvalue weighted by Crippen LogP contribution is 2.77. The van der Waals surface area contributed by atoms with Crippen LogP contribution in [0.25, 0.3) is 0 Å². The van der Waals surface area contributed by atoms with Gasteiger partial charge in [0.15, 0.2) is 99.8 Å².